The van der Waals surface area contributed by atoms with Gasteiger partial charge in [-0.3, -0.25) is 4.57 Å². The summed E-state index contributed by atoms with van der Waals surface area (Å²) in [4.78, 5) is 27.8. The average molecular weight is 587 g/mol. The molecule has 1 amide bonds. The number of aryl methyl sites for hydroxylation is 1. The number of carbonyl (C=O) groups is 1. The zero-order valence-corrected chi connectivity index (χ0v) is 23.5. The third kappa shape index (κ3) is 5.57. The first-order chi connectivity index (χ1) is 20.5. The predicted molar refractivity (Wildman–Crippen MR) is 152 cm³/mol. The first-order valence-electron chi connectivity index (χ1n) is 13.4. The SMILES string of the molecule is CC[n+]1ccc(C(C)NC(=O)n2c(-c3ccnn3-c3ccc(C#N)cc3)c(C)n(-c3cccc(C(F)(F)F)c3)c2=O)cc1. The van der Waals surface area contributed by atoms with E-state index in [1.807, 2.05) is 42.1 Å². The van der Waals surface area contributed by atoms with Gasteiger partial charge in [0.2, 0.25) is 0 Å². The molecule has 0 aliphatic carbocycles. The molecule has 0 aliphatic rings. The molecule has 0 spiro atoms. The number of hydrogen-bond donors (Lipinski definition) is 1. The molecule has 0 aliphatic heterocycles. The quantitative estimate of drug-likeness (QED) is 0.272. The summed E-state index contributed by atoms with van der Waals surface area (Å²) in [6.45, 7) is 6.10. The Kier molecular flexibility index (Phi) is 7.74. The Balaban J connectivity index is 1.67. The van der Waals surface area contributed by atoms with Crippen LogP contribution >= 0.6 is 0 Å². The standard InChI is InChI=1S/C31H26F3N7O2/c1-4-38-16-13-23(14-17-38)20(2)37-29(42)40-28(27-12-15-36-41(27)25-10-8-22(19-35)9-11-25)21(3)39(30(40)43)26-7-5-6-24(18-26)31(32,33)34/h5-18,20H,4H2,1-3H3/p+1. The van der Waals surface area contributed by atoms with E-state index in [1.54, 1.807) is 44.2 Å². The Morgan fingerprint density at radius 1 is 1.07 bits per heavy atom. The number of halogens is 3. The van der Waals surface area contributed by atoms with E-state index in [4.69, 9.17) is 0 Å². The van der Waals surface area contributed by atoms with Crippen LogP contribution in [0.4, 0.5) is 18.0 Å². The highest BCUT2D eigenvalue weighted by Gasteiger charge is 2.32. The highest BCUT2D eigenvalue weighted by atomic mass is 19.4. The minimum atomic E-state index is -4.63. The topological polar surface area (TPSA) is 102 Å². The van der Waals surface area contributed by atoms with Crippen molar-refractivity contribution in [3.8, 4) is 28.8 Å². The number of carbonyl (C=O) groups excluding carboxylic acids is 1. The van der Waals surface area contributed by atoms with Crippen LogP contribution in [-0.2, 0) is 12.7 Å². The number of nitrogens with one attached hydrogen (secondary N) is 1. The van der Waals surface area contributed by atoms with E-state index in [0.717, 1.165) is 33.4 Å². The number of hydrogen-bond acceptors (Lipinski definition) is 4. The number of aromatic nitrogens is 5. The fourth-order valence-electron chi connectivity index (χ4n) is 4.89. The van der Waals surface area contributed by atoms with E-state index in [9.17, 15) is 28.0 Å². The van der Waals surface area contributed by atoms with Crippen molar-refractivity contribution in [2.45, 2.75) is 39.5 Å². The monoisotopic (exact) mass is 586 g/mol. The van der Waals surface area contributed by atoms with Crippen LogP contribution in [0.5, 0.6) is 0 Å². The molecule has 5 rings (SSSR count). The molecule has 0 saturated heterocycles. The molecule has 43 heavy (non-hydrogen) atoms. The van der Waals surface area contributed by atoms with Crippen molar-refractivity contribution >= 4 is 6.03 Å². The molecule has 3 aromatic heterocycles. The zero-order chi connectivity index (χ0) is 30.9. The summed E-state index contributed by atoms with van der Waals surface area (Å²) in [6.07, 6.45) is 0.600. The van der Waals surface area contributed by atoms with Crippen molar-refractivity contribution in [2.24, 2.45) is 0 Å². The van der Waals surface area contributed by atoms with Crippen LogP contribution in [0, 0.1) is 18.3 Å². The molecule has 1 N–H and O–H groups in total. The lowest BCUT2D eigenvalue weighted by Gasteiger charge is -2.15. The minimum absolute atomic E-state index is 0.0465. The molecule has 9 nitrogen and oxygen atoms in total. The van der Waals surface area contributed by atoms with Crippen LogP contribution in [0.15, 0.2) is 90.1 Å². The highest BCUT2D eigenvalue weighted by Crippen LogP contribution is 2.32. The average Bonchev–Trinajstić information content (AvgIpc) is 3.58. The second-order valence-corrected chi connectivity index (χ2v) is 9.86. The van der Waals surface area contributed by atoms with Gasteiger partial charge in [-0.15, -0.1) is 0 Å². The summed E-state index contributed by atoms with van der Waals surface area (Å²) in [6, 6.07) is 17.0. The second-order valence-electron chi connectivity index (χ2n) is 9.86. The predicted octanol–water partition coefficient (Wildman–Crippen LogP) is 5.32. The van der Waals surface area contributed by atoms with Crippen molar-refractivity contribution in [3.63, 3.8) is 0 Å². The van der Waals surface area contributed by atoms with E-state index >= 15 is 0 Å². The van der Waals surface area contributed by atoms with E-state index in [2.05, 4.69) is 10.4 Å². The molecule has 0 fully saturated rings. The number of nitrogens with zero attached hydrogens (tertiary/aromatic N) is 6. The minimum Gasteiger partial charge on any atom is -0.331 e. The van der Waals surface area contributed by atoms with Crippen LogP contribution in [0.1, 0.15) is 42.3 Å². The highest BCUT2D eigenvalue weighted by molar-refractivity contribution is 5.83. The number of rotatable bonds is 6. The summed E-state index contributed by atoms with van der Waals surface area (Å²) < 4.78 is 46.2. The van der Waals surface area contributed by atoms with Gasteiger partial charge in [0, 0.05) is 12.1 Å². The van der Waals surface area contributed by atoms with Gasteiger partial charge in [0.25, 0.3) is 0 Å². The smallest absolute Gasteiger partial charge is 0.331 e. The fourth-order valence-corrected chi connectivity index (χ4v) is 4.89. The lowest BCUT2D eigenvalue weighted by molar-refractivity contribution is -0.693. The maximum Gasteiger partial charge on any atom is 0.416 e. The lowest BCUT2D eigenvalue weighted by Crippen LogP contribution is -2.39. The molecule has 1 atom stereocenters. The molecule has 3 heterocycles. The van der Waals surface area contributed by atoms with E-state index in [1.165, 1.54) is 23.0 Å². The van der Waals surface area contributed by atoms with Gasteiger partial charge in [-0.05, 0) is 74.9 Å². The van der Waals surface area contributed by atoms with E-state index < -0.39 is 29.5 Å². The van der Waals surface area contributed by atoms with Crippen LogP contribution < -0.4 is 15.6 Å². The van der Waals surface area contributed by atoms with Gasteiger partial charge in [0.1, 0.15) is 12.2 Å². The number of imidazole rings is 1. The van der Waals surface area contributed by atoms with Gasteiger partial charge in [0.05, 0.1) is 52.2 Å². The molecule has 5 aromatic rings. The molecular weight excluding hydrogens is 559 g/mol. The van der Waals surface area contributed by atoms with Gasteiger partial charge < -0.3 is 5.32 Å². The van der Waals surface area contributed by atoms with Crippen LogP contribution in [0.2, 0.25) is 0 Å². The molecule has 0 radical (unpaired) electrons. The van der Waals surface area contributed by atoms with Crippen molar-refractivity contribution < 1.29 is 22.5 Å². The summed E-state index contributed by atoms with van der Waals surface area (Å²) in [5.41, 5.74) is 0.667. The van der Waals surface area contributed by atoms with Crippen molar-refractivity contribution in [2.75, 3.05) is 0 Å². The Bertz CT molecular complexity index is 1890. The van der Waals surface area contributed by atoms with E-state index in [0.29, 0.717) is 16.9 Å². The summed E-state index contributed by atoms with van der Waals surface area (Å²) in [5, 5.41) is 16.4. The number of benzene rings is 2. The normalized spacial score (nSPS) is 12.1. The van der Waals surface area contributed by atoms with Gasteiger partial charge in [0.15, 0.2) is 12.4 Å². The Labute approximate surface area is 244 Å². The molecule has 218 valence electrons. The van der Waals surface area contributed by atoms with Gasteiger partial charge >= 0.3 is 17.9 Å². The number of pyridine rings is 1. The number of nitriles is 1. The third-order valence-electron chi connectivity index (χ3n) is 7.17. The molecular formula is C31H27F3N7O2+. The second kappa shape index (κ2) is 11.4. The van der Waals surface area contributed by atoms with Gasteiger partial charge in [-0.1, -0.05) is 6.07 Å². The van der Waals surface area contributed by atoms with Crippen molar-refractivity contribution in [1.29, 1.82) is 5.26 Å². The molecule has 2 aromatic carbocycles. The largest absolute Gasteiger partial charge is 0.416 e. The zero-order valence-electron chi connectivity index (χ0n) is 23.5. The summed E-state index contributed by atoms with van der Waals surface area (Å²) in [7, 11) is 0. The van der Waals surface area contributed by atoms with Crippen LogP contribution in [-0.4, -0.2) is 24.9 Å². The van der Waals surface area contributed by atoms with Crippen molar-refractivity contribution in [1.82, 2.24) is 24.2 Å². The lowest BCUT2D eigenvalue weighted by atomic mass is 10.1. The fraction of sp³-hybridized carbons (Fsp3) is 0.194. The maximum absolute atomic E-state index is 14.0. The van der Waals surface area contributed by atoms with Gasteiger partial charge in [-0.25, -0.2) is 23.4 Å². The Morgan fingerprint density at radius 3 is 2.40 bits per heavy atom. The first kappa shape index (κ1) is 29.1. The molecule has 12 heteroatoms. The van der Waals surface area contributed by atoms with E-state index in [-0.39, 0.29) is 17.1 Å². The Hall–Kier alpha value is -5.44. The first-order valence-corrected chi connectivity index (χ1v) is 13.4. The Morgan fingerprint density at radius 2 is 1.77 bits per heavy atom. The molecule has 0 saturated carbocycles. The van der Waals surface area contributed by atoms with Gasteiger partial charge in [-0.2, -0.15) is 23.5 Å². The molecule has 0 bridgehead atoms. The number of amides is 1. The third-order valence-corrected chi connectivity index (χ3v) is 7.17. The molecule has 1 unspecified atom stereocenters. The summed E-state index contributed by atoms with van der Waals surface area (Å²) in [5.74, 6) is 0. The van der Waals surface area contributed by atoms with Crippen LogP contribution in [0.25, 0.3) is 22.8 Å². The van der Waals surface area contributed by atoms with Crippen LogP contribution in [0.3, 0.4) is 0 Å². The summed E-state index contributed by atoms with van der Waals surface area (Å²) >= 11 is 0. The number of alkyl halides is 3. The van der Waals surface area contributed by atoms with Crippen molar-refractivity contribution in [3.05, 3.63) is 118 Å². The maximum atomic E-state index is 14.0.